The number of fused-ring (bicyclic) bond motifs is 1. The lowest BCUT2D eigenvalue weighted by Crippen LogP contribution is -2.12. The highest BCUT2D eigenvalue weighted by molar-refractivity contribution is 7.84. The van der Waals surface area contributed by atoms with Crippen LogP contribution in [0.15, 0.2) is 48.8 Å². The second-order valence-electron chi connectivity index (χ2n) is 5.57. The highest BCUT2D eigenvalue weighted by atomic mass is 32.2. The lowest BCUT2D eigenvalue weighted by Gasteiger charge is -2.10. The summed E-state index contributed by atoms with van der Waals surface area (Å²) in [4.78, 5) is 13.5. The van der Waals surface area contributed by atoms with E-state index in [1.54, 1.807) is 12.5 Å². The van der Waals surface area contributed by atoms with Crippen LogP contribution in [0.5, 0.6) is 0 Å². The molecular weight excluding hydrogens is 320 g/mol. The number of para-hydroxylation sites is 1. The Kier molecular flexibility index (Phi) is 5.48. The van der Waals surface area contributed by atoms with Crippen LogP contribution in [0.25, 0.3) is 10.9 Å². The number of hydrogen-bond acceptors (Lipinski definition) is 5. The molecule has 3 aromatic rings. The minimum Gasteiger partial charge on any atom is -0.369 e. The van der Waals surface area contributed by atoms with Gasteiger partial charge in [0.1, 0.15) is 11.6 Å². The molecule has 6 heteroatoms. The number of aryl methyl sites for hydroxylation is 2. The number of anilines is 1. The minimum atomic E-state index is -0.819. The highest BCUT2D eigenvalue weighted by Crippen LogP contribution is 2.20. The molecule has 2 heterocycles. The van der Waals surface area contributed by atoms with Gasteiger partial charge in [0, 0.05) is 53.6 Å². The van der Waals surface area contributed by atoms with Crippen molar-refractivity contribution >= 4 is 27.5 Å². The zero-order valence-electron chi connectivity index (χ0n) is 13.6. The van der Waals surface area contributed by atoms with E-state index in [1.165, 1.54) is 5.56 Å². The van der Waals surface area contributed by atoms with E-state index in [1.807, 2.05) is 36.5 Å². The Morgan fingerprint density at radius 3 is 2.75 bits per heavy atom. The normalized spacial score (nSPS) is 12.2. The van der Waals surface area contributed by atoms with E-state index in [0.717, 1.165) is 35.4 Å². The maximum atomic E-state index is 11.3. The van der Waals surface area contributed by atoms with Gasteiger partial charge in [-0.25, -0.2) is 9.97 Å². The average molecular weight is 340 g/mol. The highest BCUT2D eigenvalue weighted by Gasteiger charge is 2.08. The number of hydrogen-bond donors (Lipinski definition) is 1. The quantitative estimate of drug-likeness (QED) is 0.716. The maximum absolute atomic E-state index is 11.3. The first-order valence-electron chi connectivity index (χ1n) is 7.91. The van der Waals surface area contributed by atoms with Crippen molar-refractivity contribution in [1.82, 2.24) is 15.0 Å². The first-order chi connectivity index (χ1) is 11.7. The lowest BCUT2D eigenvalue weighted by molar-refractivity contribution is 0.687. The number of rotatable bonds is 7. The average Bonchev–Trinajstić information content (AvgIpc) is 2.60. The summed E-state index contributed by atoms with van der Waals surface area (Å²) in [6.45, 7) is 0.631. The molecule has 3 rings (SSSR count). The molecule has 0 radical (unpaired) electrons. The van der Waals surface area contributed by atoms with Gasteiger partial charge in [0.2, 0.25) is 0 Å². The Morgan fingerprint density at radius 2 is 1.96 bits per heavy atom. The van der Waals surface area contributed by atoms with Crippen LogP contribution in [0.1, 0.15) is 11.4 Å². The number of benzene rings is 1. The molecule has 0 aliphatic carbocycles. The Hall–Kier alpha value is -2.34. The van der Waals surface area contributed by atoms with E-state index in [9.17, 15) is 4.21 Å². The van der Waals surface area contributed by atoms with Crippen LogP contribution < -0.4 is 5.32 Å². The SMILES string of the molecule is CS(=O)CCNc1nc(CCc2cccnc2)nc2ccccc12. The van der Waals surface area contributed by atoms with Gasteiger partial charge in [0.25, 0.3) is 0 Å². The summed E-state index contributed by atoms with van der Waals surface area (Å²) in [5, 5.41) is 4.29. The van der Waals surface area contributed by atoms with Crippen molar-refractivity contribution in [2.45, 2.75) is 12.8 Å². The molecule has 2 aromatic heterocycles. The third kappa shape index (κ3) is 4.35. The van der Waals surface area contributed by atoms with Gasteiger partial charge in [0.15, 0.2) is 0 Å². The van der Waals surface area contributed by atoms with Crippen LogP contribution in [0.4, 0.5) is 5.82 Å². The van der Waals surface area contributed by atoms with Gasteiger partial charge in [-0.3, -0.25) is 9.19 Å². The number of nitrogens with one attached hydrogen (secondary N) is 1. The van der Waals surface area contributed by atoms with Crippen LogP contribution >= 0.6 is 0 Å². The topological polar surface area (TPSA) is 67.8 Å². The molecule has 1 N–H and O–H groups in total. The van der Waals surface area contributed by atoms with Crippen LogP contribution in [0.3, 0.4) is 0 Å². The third-order valence-electron chi connectivity index (χ3n) is 3.69. The Bertz CT molecular complexity index is 839. The Labute approximate surface area is 144 Å². The predicted octanol–water partition coefficient (Wildman–Crippen LogP) is 2.60. The van der Waals surface area contributed by atoms with E-state index >= 15 is 0 Å². The van der Waals surface area contributed by atoms with Gasteiger partial charge in [-0.2, -0.15) is 0 Å². The van der Waals surface area contributed by atoms with Crippen molar-refractivity contribution in [3.05, 3.63) is 60.2 Å². The fourth-order valence-corrected chi connectivity index (χ4v) is 2.88. The zero-order valence-corrected chi connectivity index (χ0v) is 14.4. The standard InChI is InChI=1S/C18H20N4OS/c1-24(23)12-11-20-18-15-6-2-3-7-16(15)21-17(22-18)9-8-14-5-4-10-19-13-14/h2-7,10,13H,8-9,11-12H2,1H3,(H,20,21,22). The summed E-state index contributed by atoms with van der Waals surface area (Å²) in [7, 11) is -0.819. The van der Waals surface area contributed by atoms with Crippen molar-refractivity contribution in [2.24, 2.45) is 0 Å². The van der Waals surface area contributed by atoms with Gasteiger partial charge in [0.05, 0.1) is 5.52 Å². The zero-order chi connectivity index (χ0) is 16.8. The molecule has 0 spiro atoms. The van der Waals surface area contributed by atoms with Gasteiger partial charge in [-0.15, -0.1) is 0 Å². The number of aromatic nitrogens is 3. The van der Waals surface area contributed by atoms with Crippen molar-refractivity contribution in [3.63, 3.8) is 0 Å². The van der Waals surface area contributed by atoms with E-state index in [2.05, 4.69) is 26.3 Å². The third-order valence-corrected chi connectivity index (χ3v) is 4.47. The van der Waals surface area contributed by atoms with Crippen LogP contribution in [-0.2, 0) is 23.6 Å². The number of nitrogens with zero attached hydrogens (tertiary/aromatic N) is 3. The molecule has 1 atom stereocenters. The molecule has 0 amide bonds. The summed E-state index contributed by atoms with van der Waals surface area (Å²) in [5.74, 6) is 2.22. The first-order valence-corrected chi connectivity index (χ1v) is 9.63. The molecule has 1 aromatic carbocycles. The second-order valence-corrected chi connectivity index (χ2v) is 7.13. The van der Waals surface area contributed by atoms with Crippen LogP contribution in [0, 0.1) is 0 Å². The van der Waals surface area contributed by atoms with E-state index in [-0.39, 0.29) is 0 Å². The van der Waals surface area contributed by atoms with Crippen molar-refractivity contribution in [2.75, 3.05) is 23.9 Å². The molecular formula is C18H20N4OS. The largest absolute Gasteiger partial charge is 0.369 e. The summed E-state index contributed by atoms with van der Waals surface area (Å²) < 4.78 is 11.3. The molecule has 0 saturated carbocycles. The fourth-order valence-electron chi connectivity index (χ4n) is 2.49. The summed E-state index contributed by atoms with van der Waals surface area (Å²) in [6, 6.07) is 12.0. The molecule has 0 fully saturated rings. The molecule has 24 heavy (non-hydrogen) atoms. The summed E-state index contributed by atoms with van der Waals surface area (Å²) in [6.07, 6.45) is 6.96. The molecule has 124 valence electrons. The van der Waals surface area contributed by atoms with Crippen LogP contribution in [-0.4, -0.2) is 37.7 Å². The molecule has 0 saturated heterocycles. The van der Waals surface area contributed by atoms with E-state index in [0.29, 0.717) is 12.3 Å². The summed E-state index contributed by atoms with van der Waals surface area (Å²) >= 11 is 0. The van der Waals surface area contributed by atoms with Crippen molar-refractivity contribution < 1.29 is 4.21 Å². The Balaban J connectivity index is 1.81. The molecule has 0 aliphatic rings. The predicted molar refractivity (Wildman–Crippen MR) is 98.6 cm³/mol. The second kappa shape index (κ2) is 7.97. The minimum absolute atomic E-state index is 0.601. The van der Waals surface area contributed by atoms with E-state index in [4.69, 9.17) is 0 Å². The van der Waals surface area contributed by atoms with Crippen molar-refractivity contribution in [1.29, 1.82) is 0 Å². The van der Waals surface area contributed by atoms with Crippen molar-refractivity contribution in [3.8, 4) is 0 Å². The first kappa shape index (κ1) is 16.5. The molecule has 1 unspecified atom stereocenters. The maximum Gasteiger partial charge on any atom is 0.137 e. The van der Waals surface area contributed by atoms with Gasteiger partial charge in [-0.05, 0) is 30.2 Å². The van der Waals surface area contributed by atoms with E-state index < -0.39 is 10.8 Å². The van der Waals surface area contributed by atoms with Gasteiger partial charge < -0.3 is 5.32 Å². The molecule has 0 aliphatic heterocycles. The summed E-state index contributed by atoms with van der Waals surface area (Å²) in [5.41, 5.74) is 2.10. The fraction of sp³-hybridized carbons (Fsp3) is 0.278. The monoisotopic (exact) mass is 340 g/mol. The lowest BCUT2D eigenvalue weighted by atomic mass is 10.1. The Morgan fingerprint density at radius 1 is 1.08 bits per heavy atom. The van der Waals surface area contributed by atoms with Gasteiger partial charge >= 0.3 is 0 Å². The molecule has 5 nitrogen and oxygen atoms in total. The van der Waals surface area contributed by atoms with Crippen LogP contribution in [0.2, 0.25) is 0 Å². The number of pyridine rings is 1. The smallest absolute Gasteiger partial charge is 0.137 e. The molecule has 0 bridgehead atoms. The van der Waals surface area contributed by atoms with Gasteiger partial charge in [-0.1, -0.05) is 18.2 Å².